The molecule has 1 aromatic heterocycles. The Bertz CT molecular complexity index is 819. The molecule has 0 atom stereocenters. The van der Waals surface area contributed by atoms with Crippen molar-refractivity contribution in [2.24, 2.45) is 0 Å². The molecule has 0 aliphatic rings. The predicted molar refractivity (Wildman–Crippen MR) is 108 cm³/mol. The number of aromatic nitrogens is 1. The Morgan fingerprint density at radius 1 is 1.15 bits per heavy atom. The second-order valence-corrected chi connectivity index (χ2v) is 10.9. The summed E-state index contributed by atoms with van der Waals surface area (Å²) in [7, 11) is -1.82. The first-order valence-corrected chi connectivity index (χ1v) is 11.0. The molecule has 0 aliphatic carbocycles. The van der Waals surface area contributed by atoms with Gasteiger partial charge in [-0.25, -0.2) is 13.4 Å². The average molecular weight is 396 g/mol. The van der Waals surface area contributed by atoms with E-state index in [0.29, 0.717) is 11.4 Å². The molecule has 2 aromatic rings. The molecule has 0 saturated heterocycles. The number of nitrogens with zero attached hydrogens (tertiary/aromatic N) is 2. The first-order valence-electron chi connectivity index (χ1n) is 8.74. The molecule has 0 amide bonds. The van der Waals surface area contributed by atoms with Gasteiger partial charge in [0.2, 0.25) is 10.0 Å². The molecular formula is C19H29N3O2S2. The van der Waals surface area contributed by atoms with Crippen LogP contribution in [0.3, 0.4) is 0 Å². The molecule has 0 radical (unpaired) electrons. The number of thiazole rings is 1. The van der Waals surface area contributed by atoms with Gasteiger partial charge in [0.05, 0.1) is 9.90 Å². The standard InChI is InChI=1S/C19H29N3O2S2/c1-14(2)22(6)26(23,24)17-9-7-15(8-10-17)11-20-12-16-13-21-18(25-16)19(3,4)5/h7-10,13-14,20H,11-12H2,1-6H3. The van der Waals surface area contributed by atoms with Crippen LogP contribution in [-0.4, -0.2) is 30.8 Å². The minimum atomic E-state index is -3.42. The van der Waals surface area contributed by atoms with Gasteiger partial charge in [0.25, 0.3) is 0 Å². The SMILES string of the molecule is CC(C)N(C)S(=O)(=O)c1ccc(CNCc2cnc(C(C)(C)C)s2)cc1. The molecule has 26 heavy (non-hydrogen) atoms. The van der Waals surface area contributed by atoms with E-state index in [0.717, 1.165) is 17.1 Å². The fourth-order valence-corrected chi connectivity index (χ4v) is 4.60. The van der Waals surface area contributed by atoms with Gasteiger partial charge < -0.3 is 5.32 Å². The summed E-state index contributed by atoms with van der Waals surface area (Å²) in [6.45, 7) is 11.6. The number of rotatable bonds is 7. The molecule has 0 fully saturated rings. The molecular weight excluding hydrogens is 366 g/mol. The van der Waals surface area contributed by atoms with Gasteiger partial charge >= 0.3 is 0 Å². The zero-order valence-electron chi connectivity index (χ0n) is 16.4. The molecule has 2 rings (SSSR count). The monoisotopic (exact) mass is 395 g/mol. The highest BCUT2D eigenvalue weighted by atomic mass is 32.2. The van der Waals surface area contributed by atoms with E-state index < -0.39 is 10.0 Å². The van der Waals surface area contributed by atoms with Crippen molar-refractivity contribution < 1.29 is 8.42 Å². The Kier molecular flexibility index (Phi) is 6.60. The zero-order chi connectivity index (χ0) is 19.5. The quantitative estimate of drug-likeness (QED) is 0.775. The van der Waals surface area contributed by atoms with E-state index in [2.05, 4.69) is 31.1 Å². The van der Waals surface area contributed by atoms with Crippen LogP contribution in [0.1, 0.15) is 50.1 Å². The van der Waals surface area contributed by atoms with E-state index in [9.17, 15) is 8.42 Å². The van der Waals surface area contributed by atoms with E-state index in [1.165, 1.54) is 9.18 Å². The van der Waals surface area contributed by atoms with Gasteiger partial charge in [-0.05, 0) is 31.5 Å². The summed E-state index contributed by atoms with van der Waals surface area (Å²) in [6, 6.07) is 7.01. The maximum absolute atomic E-state index is 12.5. The molecule has 0 aliphatic heterocycles. The van der Waals surface area contributed by atoms with E-state index >= 15 is 0 Å². The van der Waals surface area contributed by atoms with Crippen LogP contribution in [0.2, 0.25) is 0 Å². The number of sulfonamides is 1. The molecule has 1 aromatic carbocycles. The first kappa shape index (κ1) is 21.0. The van der Waals surface area contributed by atoms with Crippen LogP contribution in [0.25, 0.3) is 0 Å². The van der Waals surface area contributed by atoms with Crippen molar-refractivity contribution in [3.8, 4) is 0 Å². The van der Waals surface area contributed by atoms with Gasteiger partial charge in [-0.1, -0.05) is 32.9 Å². The van der Waals surface area contributed by atoms with Crippen molar-refractivity contribution in [1.29, 1.82) is 0 Å². The largest absolute Gasteiger partial charge is 0.308 e. The van der Waals surface area contributed by atoms with Gasteiger partial charge in [-0.2, -0.15) is 4.31 Å². The number of benzene rings is 1. The zero-order valence-corrected chi connectivity index (χ0v) is 18.0. The third kappa shape index (κ3) is 5.13. The molecule has 1 heterocycles. The molecule has 0 spiro atoms. The Hall–Kier alpha value is -1.28. The molecule has 5 nitrogen and oxygen atoms in total. The Balaban J connectivity index is 1.95. The fourth-order valence-electron chi connectivity index (χ4n) is 2.29. The maximum Gasteiger partial charge on any atom is 0.243 e. The lowest BCUT2D eigenvalue weighted by Gasteiger charge is -2.21. The summed E-state index contributed by atoms with van der Waals surface area (Å²) in [6.07, 6.45) is 1.93. The van der Waals surface area contributed by atoms with Crippen LogP contribution >= 0.6 is 11.3 Å². The Labute approximate surface area is 161 Å². The lowest BCUT2D eigenvalue weighted by molar-refractivity contribution is 0.410. The summed E-state index contributed by atoms with van der Waals surface area (Å²) in [5.74, 6) is 0. The normalized spacial score (nSPS) is 12.9. The third-order valence-electron chi connectivity index (χ3n) is 4.15. The van der Waals surface area contributed by atoms with E-state index in [1.54, 1.807) is 30.5 Å². The van der Waals surface area contributed by atoms with E-state index in [1.807, 2.05) is 32.2 Å². The minimum absolute atomic E-state index is 0.0706. The van der Waals surface area contributed by atoms with E-state index in [4.69, 9.17) is 0 Å². The smallest absolute Gasteiger partial charge is 0.243 e. The van der Waals surface area contributed by atoms with Gasteiger partial charge in [-0.3, -0.25) is 0 Å². The lowest BCUT2D eigenvalue weighted by atomic mass is 9.98. The summed E-state index contributed by atoms with van der Waals surface area (Å²) < 4.78 is 26.3. The molecule has 0 saturated carbocycles. The lowest BCUT2D eigenvalue weighted by Crippen LogP contribution is -2.33. The van der Waals surface area contributed by atoms with Crippen molar-refractivity contribution in [1.82, 2.24) is 14.6 Å². The van der Waals surface area contributed by atoms with Crippen LogP contribution in [0, 0.1) is 0 Å². The summed E-state index contributed by atoms with van der Waals surface area (Å²) in [5.41, 5.74) is 1.13. The average Bonchev–Trinajstić information content (AvgIpc) is 3.03. The second kappa shape index (κ2) is 8.17. The molecule has 0 bridgehead atoms. The third-order valence-corrected chi connectivity index (χ3v) is 7.62. The van der Waals surface area contributed by atoms with E-state index in [-0.39, 0.29) is 11.5 Å². The molecule has 0 unspecified atom stereocenters. The first-order chi connectivity index (χ1) is 12.0. The highest BCUT2D eigenvalue weighted by Gasteiger charge is 2.22. The molecule has 1 N–H and O–H groups in total. The van der Waals surface area contributed by atoms with Crippen LogP contribution < -0.4 is 5.32 Å². The van der Waals surface area contributed by atoms with Crippen LogP contribution in [0.5, 0.6) is 0 Å². The number of hydrogen-bond acceptors (Lipinski definition) is 5. The Morgan fingerprint density at radius 3 is 2.27 bits per heavy atom. The van der Waals surface area contributed by atoms with Crippen LogP contribution in [0.15, 0.2) is 35.4 Å². The van der Waals surface area contributed by atoms with Crippen molar-refractivity contribution in [3.63, 3.8) is 0 Å². The summed E-state index contributed by atoms with van der Waals surface area (Å²) >= 11 is 1.73. The van der Waals surface area contributed by atoms with Crippen LogP contribution in [0.4, 0.5) is 0 Å². The van der Waals surface area contributed by atoms with Gasteiger partial charge in [0.1, 0.15) is 0 Å². The minimum Gasteiger partial charge on any atom is -0.308 e. The molecule has 144 valence electrons. The predicted octanol–water partition coefficient (Wildman–Crippen LogP) is 3.76. The fraction of sp³-hybridized carbons (Fsp3) is 0.526. The van der Waals surface area contributed by atoms with Gasteiger partial charge in [0, 0.05) is 42.7 Å². The summed E-state index contributed by atoms with van der Waals surface area (Å²) in [4.78, 5) is 6.02. The Morgan fingerprint density at radius 2 is 1.77 bits per heavy atom. The van der Waals surface area contributed by atoms with Crippen molar-refractivity contribution >= 4 is 21.4 Å². The van der Waals surface area contributed by atoms with Crippen LogP contribution in [-0.2, 0) is 28.5 Å². The van der Waals surface area contributed by atoms with Crippen molar-refractivity contribution in [3.05, 3.63) is 45.9 Å². The van der Waals surface area contributed by atoms with Gasteiger partial charge in [-0.15, -0.1) is 11.3 Å². The highest BCUT2D eigenvalue weighted by Crippen LogP contribution is 2.26. The second-order valence-electron chi connectivity index (χ2n) is 7.74. The molecule has 7 heteroatoms. The number of nitrogens with one attached hydrogen (secondary N) is 1. The highest BCUT2D eigenvalue weighted by molar-refractivity contribution is 7.89. The van der Waals surface area contributed by atoms with Gasteiger partial charge in [0.15, 0.2) is 0 Å². The summed E-state index contributed by atoms with van der Waals surface area (Å²) in [5, 5.41) is 4.53. The van der Waals surface area contributed by atoms with Crippen molar-refractivity contribution in [2.45, 2.75) is 64.1 Å². The number of hydrogen-bond donors (Lipinski definition) is 1. The maximum atomic E-state index is 12.5. The van der Waals surface area contributed by atoms with Crippen molar-refractivity contribution in [2.75, 3.05) is 7.05 Å². The topological polar surface area (TPSA) is 62.3 Å².